The SMILES string of the molecule is CC1CCC(C2COC(c3ccc(C4CCC(C(F)(F)Oc5cc(F)c(S(F)(F)(F)(F)F)c(F)c5)CC4)c(F)c3)OC2)CC1. The van der Waals surface area contributed by atoms with E-state index < -0.39 is 62.6 Å². The van der Waals surface area contributed by atoms with E-state index in [-0.39, 0.29) is 37.8 Å². The summed E-state index contributed by atoms with van der Waals surface area (Å²) in [5.74, 6) is -7.81. The molecule has 2 aromatic rings. The molecule has 3 aliphatic rings. The summed E-state index contributed by atoms with van der Waals surface area (Å²) in [7, 11) is -10.8. The lowest BCUT2D eigenvalue weighted by Crippen LogP contribution is -2.37. The monoisotopic (exact) mass is 664 g/mol. The van der Waals surface area contributed by atoms with Gasteiger partial charge in [-0.2, -0.15) is 8.78 Å². The highest BCUT2D eigenvalue weighted by Gasteiger charge is 2.69. The zero-order valence-corrected chi connectivity index (χ0v) is 24.7. The highest BCUT2D eigenvalue weighted by Crippen LogP contribution is 3.02. The third kappa shape index (κ3) is 7.43. The Morgan fingerprint density at radius 3 is 1.82 bits per heavy atom. The molecule has 0 bridgehead atoms. The maximum atomic E-state index is 15.2. The van der Waals surface area contributed by atoms with E-state index in [9.17, 15) is 37.0 Å². The van der Waals surface area contributed by atoms with Crippen LogP contribution in [0.3, 0.4) is 0 Å². The zero-order chi connectivity index (χ0) is 32.1. The first-order valence-corrected chi connectivity index (χ1v) is 16.6. The molecule has 248 valence electrons. The van der Waals surface area contributed by atoms with Gasteiger partial charge in [-0.15, -0.1) is 0 Å². The van der Waals surface area contributed by atoms with Crippen molar-refractivity contribution in [3.63, 3.8) is 0 Å². The maximum absolute atomic E-state index is 15.2. The van der Waals surface area contributed by atoms with Crippen LogP contribution in [-0.4, -0.2) is 19.3 Å². The van der Waals surface area contributed by atoms with Gasteiger partial charge in [0.1, 0.15) is 11.6 Å². The molecule has 1 heterocycles. The van der Waals surface area contributed by atoms with Gasteiger partial charge in [0.15, 0.2) is 22.8 Å². The zero-order valence-electron chi connectivity index (χ0n) is 23.8. The molecule has 3 nitrogen and oxygen atoms in total. The third-order valence-electron chi connectivity index (χ3n) is 9.20. The second-order valence-corrected chi connectivity index (χ2v) is 14.8. The molecular formula is C30H34F10O3S. The third-order valence-corrected chi connectivity index (χ3v) is 10.4. The first-order valence-electron chi connectivity index (χ1n) is 14.6. The Bertz CT molecular complexity index is 1320. The van der Waals surface area contributed by atoms with E-state index in [0.29, 0.717) is 36.2 Å². The van der Waals surface area contributed by atoms with Crippen molar-refractivity contribution in [2.45, 2.75) is 81.5 Å². The summed E-state index contributed by atoms with van der Waals surface area (Å²) in [5.41, 5.74) is 0.823. The molecule has 2 saturated carbocycles. The lowest BCUT2D eigenvalue weighted by atomic mass is 9.76. The Kier molecular flexibility index (Phi) is 8.49. The molecule has 3 fully saturated rings. The van der Waals surface area contributed by atoms with Crippen LogP contribution in [0.1, 0.15) is 81.6 Å². The van der Waals surface area contributed by atoms with Crippen molar-refractivity contribution in [3.05, 3.63) is 58.9 Å². The van der Waals surface area contributed by atoms with Crippen molar-refractivity contribution in [1.82, 2.24) is 0 Å². The second-order valence-electron chi connectivity index (χ2n) is 12.5. The number of ether oxygens (including phenoxy) is 3. The largest absolute Gasteiger partial charge is 0.432 e. The van der Waals surface area contributed by atoms with E-state index in [1.165, 1.54) is 18.9 Å². The van der Waals surface area contributed by atoms with Crippen molar-refractivity contribution in [3.8, 4) is 5.75 Å². The van der Waals surface area contributed by atoms with Crippen molar-refractivity contribution < 1.29 is 55.6 Å². The number of benzene rings is 2. The maximum Gasteiger partial charge on any atom is 0.400 e. The molecule has 1 aliphatic heterocycles. The molecule has 0 aromatic heterocycles. The molecule has 0 amide bonds. The summed E-state index contributed by atoms with van der Waals surface area (Å²) < 4.78 is 153. The van der Waals surface area contributed by atoms with Gasteiger partial charge in [-0.25, -0.2) is 13.2 Å². The van der Waals surface area contributed by atoms with Crippen LogP contribution >= 0.6 is 10.2 Å². The van der Waals surface area contributed by atoms with E-state index >= 15 is 4.39 Å². The van der Waals surface area contributed by atoms with Crippen LogP contribution in [0.15, 0.2) is 35.2 Å². The fourth-order valence-corrected chi connectivity index (χ4v) is 7.56. The molecule has 0 radical (unpaired) electrons. The van der Waals surface area contributed by atoms with Gasteiger partial charge in [0.05, 0.1) is 19.1 Å². The fourth-order valence-electron chi connectivity index (χ4n) is 6.71. The van der Waals surface area contributed by atoms with Gasteiger partial charge in [-0.05, 0) is 67.9 Å². The van der Waals surface area contributed by atoms with Crippen LogP contribution in [0.5, 0.6) is 5.75 Å². The average molecular weight is 665 g/mol. The van der Waals surface area contributed by atoms with E-state index in [4.69, 9.17) is 9.47 Å². The molecule has 2 aliphatic carbocycles. The van der Waals surface area contributed by atoms with Crippen molar-refractivity contribution >= 4 is 10.2 Å². The molecule has 0 unspecified atom stereocenters. The molecular weight excluding hydrogens is 630 g/mol. The van der Waals surface area contributed by atoms with Gasteiger partial charge in [-0.3, -0.25) is 0 Å². The second kappa shape index (κ2) is 11.3. The summed E-state index contributed by atoms with van der Waals surface area (Å²) in [5, 5.41) is 0. The van der Waals surface area contributed by atoms with E-state index in [2.05, 4.69) is 11.7 Å². The summed E-state index contributed by atoms with van der Waals surface area (Å²) in [4.78, 5) is -3.42. The molecule has 1 saturated heterocycles. The minimum absolute atomic E-state index is 0.101. The van der Waals surface area contributed by atoms with Gasteiger partial charge >= 0.3 is 16.3 Å². The number of alkyl halides is 2. The van der Waals surface area contributed by atoms with Crippen LogP contribution in [0.25, 0.3) is 0 Å². The Morgan fingerprint density at radius 2 is 1.30 bits per heavy atom. The smallest absolute Gasteiger partial charge is 0.400 e. The van der Waals surface area contributed by atoms with Crippen LogP contribution in [0.4, 0.5) is 41.4 Å². The average Bonchev–Trinajstić information content (AvgIpc) is 2.91. The van der Waals surface area contributed by atoms with Crippen LogP contribution in [-0.2, 0) is 9.47 Å². The summed E-state index contributed by atoms with van der Waals surface area (Å²) in [6.07, 6.45) is -0.354. The predicted octanol–water partition coefficient (Wildman–Crippen LogP) is 11.2. The molecule has 44 heavy (non-hydrogen) atoms. The highest BCUT2D eigenvalue weighted by atomic mass is 32.5. The highest BCUT2D eigenvalue weighted by molar-refractivity contribution is 8.45. The number of hydrogen-bond donors (Lipinski definition) is 0. The minimum atomic E-state index is -10.8. The van der Waals surface area contributed by atoms with Crippen molar-refractivity contribution in [2.75, 3.05) is 13.2 Å². The normalized spacial score (nSPS) is 30.3. The van der Waals surface area contributed by atoms with E-state index in [0.717, 1.165) is 18.8 Å². The van der Waals surface area contributed by atoms with Crippen molar-refractivity contribution in [1.29, 1.82) is 0 Å². The molecule has 5 rings (SSSR count). The number of hydrogen-bond acceptors (Lipinski definition) is 3. The van der Waals surface area contributed by atoms with E-state index in [1.54, 1.807) is 12.1 Å². The molecule has 0 atom stereocenters. The number of halogens is 10. The Morgan fingerprint density at radius 1 is 0.727 bits per heavy atom. The standard InChI is InChI=1S/C30H34F10O3S/c1-17-2-4-18(5-3-17)21-15-41-29(42-16-21)20-8-11-24(25(31)12-20)19-6-9-22(10-7-19)30(34,35)43-23-13-26(32)28(27(33)14-23)44(36,37,38,39)40/h8,11-14,17-19,21-22,29H,2-7,9-10,15-16H2,1H3. The van der Waals surface area contributed by atoms with Crippen LogP contribution in [0, 0.1) is 41.1 Å². The van der Waals surface area contributed by atoms with Gasteiger partial charge in [-0.1, -0.05) is 51.3 Å². The Hall–Kier alpha value is -2.19. The lowest BCUT2D eigenvalue weighted by molar-refractivity contribution is -0.222. The van der Waals surface area contributed by atoms with Gasteiger partial charge in [0, 0.05) is 23.6 Å². The Labute approximate surface area is 249 Å². The van der Waals surface area contributed by atoms with Crippen LogP contribution in [0.2, 0.25) is 0 Å². The van der Waals surface area contributed by atoms with Gasteiger partial charge in [0.25, 0.3) is 0 Å². The summed E-state index contributed by atoms with van der Waals surface area (Å²) >= 11 is 0. The van der Waals surface area contributed by atoms with E-state index in [1.807, 2.05) is 0 Å². The van der Waals surface area contributed by atoms with Gasteiger partial charge in [0.2, 0.25) is 0 Å². The first-order chi connectivity index (χ1) is 20.3. The Balaban J connectivity index is 1.17. The molecule has 14 heteroatoms. The fraction of sp³-hybridized carbons (Fsp3) is 0.600. The van der Waals surface area contributed by atoms with Crippen molar-refractivity contribution in [2.24, 2.45) is 23.7 Å². The quantitative estimate of drug-likeness (QED) is 0.276. The summed E-state index contributed by atoms with van der Waals surface area (Å²) in [6, 6.07) is 3.87. The first kappa shape index (κ1) is 33.2. The minimum Gasteiger partial charge on any atom is -0.432 e. The predicted molar refractivity (Wildman–Crippen MR) is 144 cm³/mol. The van der Waals surface area contributed by atoms with Crippen LogP contribution < -0.4 is 4.74 Å². The van der Waals surface area contributed by atoms with Gasteiger partial charge < -0.3 is 14.2 Å². The lowest BCUT2D eigenvalue weighted by Gasteiger charge is -2.40. The molecule has 2 aromatic carbocycles. The summed E-state index contributed by atoms with van der Waals surface area (Å²) in [6.45, 7) is 3.29. The molecule has 0 spiro atoms. The molecule has 0 N–H and O–H groups in total. The number of rotatable bonds is 7. The topological polar surface area (TPSA) is 27.7 Å².